The summed E-state index contributed by atoms with van der Waals surface area (Å²) >= 11 is 3.48. The molecule has 0 saturated carbocycles. The van der Waals surface area contributed by atoms with E-state index in [1.807, 2.05) is 31.2 Å². The van der Waals surface area contributed by atoms with Gasteiger partial charge in [0.2, 0.25) is 10.0 Å². The van der Waals surface area contributed by atoms with Gasteiger partial charge in [-0.2, -0.15) is 5.10 Å². The van der Waals surface area contributed by atoms with Crippen LogP contribution in [0.3, 0.4) is 0 Å². The van der Waals surface area contributed by atoms with Crippen LogP contribution in [-0.4, -0.2) is 18.2 Å². The molecule has 0 aliphatic rings. The number of rotatable bonds is 3. The minimum atomic E-state index is -3.85. The summed E-state index contributed by atoms with van der Waals surface area (Å²) in [4.78, 5) is 0.0314. The van der Waals surface area contributed by atoms with Crippen LogP contribution < -0.4 is 5.14 Å². The van der Waals surface area contributed by atoms with Crippen LogP contribution >= 0.6 is 15.9 Å². The molecule has 3 aromatic rings. The third-order valence-corrected chi connectivity index (χ3v) is 4.99. The van der Waals surface area contributed by atoms with Crippen molar-refractivity contribution in [3.8, 4) is 16.9 Å². The first kappa shape index (κ1) is 15.9. The van der Waals surface area contributed by atoms with E-state index >= 15 is 0 Å². The SMILES string of the molecule is Cc1ccc(-c2c(Br)cnn2-c2ccccc2S(N)(=O)=O)cc1. The molecule has 1 heterocycles. The summed E-state index contributed by atoms with van der Waals surface area (Å²) < 4.78 is 26.0. The lowest BCUT2D eigenvalue weighted by molar-refractivity contribution is 0.596. The Morgan fingerprint density at radius 1 is 1.09 bits per heavy atom. The average Bonchev–Trinajstić information content (AvgIpc) is 2.89. The molecule has 0 unspecified atom stereocenters. The van der Waals surface area contributed by atoms with E-state index in [9.17, 15) is 8.42 Å². The fourth-order valence-electron chi connectivity index (χ4n) is 2.36. The van der Waals surface area contributed by atoms with Gasteiger partial charge in [0.15, 0.2) is 0 Å². The summed E-state index contributed by atoms with van der Waals surface area (Å²) in [7, 11) is -3.85. The highest BCUT2D eigenvalue weighted by Gasteiger charge is 2.19. The molecule has 0 saturated heterocycles. The van der Waals surface area contributed by atoms with Crippen molar-refractivity contribution in [3.63, 3.8) is 0 Å². The van der Waals surface area contributed by atoms with Gasteiger partial charge < -0.3 is 0 Å². The Balaban J connectivity index is 2.27. The Bertz CT molecular complexity index is 963. The molecule has 118 valence electrons. The van der Waals surface area contributed by atoms with E-state index in [1.165, 1.54) is 6.07 Å². The van der Waals surface area contributed by atoms with Gasteiger partial charge in [0.1, 0.15) is 4.90 Å². The van der Waals surface area contributed by atoms with Crippen molar-refractivity contribution in [1.29, 1.82) is 0 Å². The molecule has 0 aliphatic carbocycles. The molecule has 0 radical (unpaired) electrons. The van der Waals surface area contributed by atoms with E-state index in [0.717, 1.165) is 21.3 Å². The number of aryl methyl sites for hydroxylation is 1. The molecule has 2 aromatic carbocycles. The lowest BCUT2D eigenvalue weighted by Gasteiger charge is -2.12. The molecule has 0 amide bonds. The van der Waals surface area contributed by atoms with Gasteiger partial charge in [-0.3, -0.25) is 0 Å². The molecule has 0 aliphatic heterocycles. The number of nitrogens with two attached hydrogens (primary N) is 1. The highest BCUT2D eigenvalue weighted by Crippen LogP contribution is 2.32. The number of aromatic nitrogens is 2. The van der Waals surface area contributed by atoms with Crippen LogP contribution in [0.2, 0.25) is 0 Å². The van der Waals surface area contributed by atoms with Gasteiger partial charge in [0.25, 0.3) is 0 Å². The zero-order valence-electron chi connectivity index (χ0n) is 12.3. The number of benzene rings is 2. The maximum Gasteiger partial charge on any atom is 0.240 e. The van der Waals surface area contributed by atoms with Gasteiger partial charge in [-0.1, -0.05) is 42.0 Å². The van der Waals surface area contributed by atoms with Crippen molar-refractivity contribution >= 4 is 26.0 Å². The molecular formula is C16H14BrN3O2S. The van der Waals surface area contributed by atoms with Crippen molar-refractivity contribution in [1.82, 2.24) is 9.78 Å². The number of para-hydroxylation sites is 1. The highest BCUT2D eigenvalue weighted by molar-refractivity contribution is 9.10. The molecule has 5 nitrogen and oxygen atoms in total. The molecule has 3 rings (SSSR count). The molecule has 2 N–H and O–H groups in total. The summed E-state index contributed by atoms with van der Waals surface area (Å²) in [6.45, 7) is 2.01. The summed E-state index contributed by atoms with van der Waals surface area (Å²) in [5.41, 5.74) is 3.24. The number of halogens is 1. The van der Waals surface area contributed by atoms with Crippen LogP contribution in [0.25, 0.3) is 16.9 Å². The first-order valence-corrected chi connectivity index (χ1v) is 9.14. The third-order valence-electron chi connectivity index (χ3n) is 3.45. The summed E-state index contributed by atoms with van der Waals surface area (Å²) in [5, 5.41) is 9.64. The largest absolute Gasteiger partial charge is 0.240 e. The van der Waals surface area contributed by atoms with Crippen molar-refractivity contribution in [2.75, 3.05) is 0 Å². The minimum absolute atomic E-state index is 0.0314. The first-order valence-electron chi connectivity index (χ1n) is 6.80. The Morgan fingerprint density at radius 3 is 2.39 bits per heavy atom. The number of nitrogens with zero attached hydrogens (tertiary/aromatic N) is 2. The second-order valence-electron chi connectivity index (χ2n) is 5.13. The topological polar surface area (TPSA) is 78.0 Å². The van der Waals surface area contributed by atoms with Gasteiger partial charge in [-0.25, -0.2) is 18.2 Å². The van der Waals surface area contributed by atoms with E-state index in [2.05, 4.69) is 21.0 Å². The molecule has 0 fully saturated rings. The minimum Gasteiger partial charge on any atom is -0.231 e. The number of hydrogen-bond acceptors (Lipinski definition) is 3. The van der Waals surface area contributed by atoms with E-state index in [0.29, 0.717) is 5.69 Å². The molecule has 0 spiro atoms. The van der Waals surface area contributed by atoms with Crippen LogP contribution in [0.1, 0.15) is 5.56 Å². The molecular weight excluding hydrogens is 378 g/mol. The summed E-state index contributed by atoms with van der Waals surface area (Å²) in [6.07, 6.45) is 1.63. The Kier molecular flexibility index (Phi) is 4.09. The van der Waals surface area contributed by atoms with Gasteiger partial charge in [-0.15, -0.1) is 0 Å². The normalized spacial score (nSPS) is 11.6. The summed E-state index contributed by atoms with van der Waals surface area (Å²) in [5.74, 6) is 0. The lowest BCUT2D eigenvalue weighted by Crippen LogP contribution is -2.16. The van der Waals surface area contributed by atoms with Gasteiger partial charge in [-0.05, 0) is 35.0 Å². The number of hydrogen-bond donors (Lipinski definition) is 1. The van der Waals surface area contributed by atoms with E-state index < -0.39 is 10.0 Å². The zero-order valence-corrected chi connectivity index (χ0v) is 14.7. The van der Waals surface area contributed by atoms with E-state index in [1.54, 1.807) is 29.1 Å². The second kappa shape index (κ2) is 5.92. The predicted octanol–water partition coefficient (Wildman–Crippen LogP) is 3.26. The smallest absolute Gasteiger partial charge is 0.231 e. The van der Waals surface area contributed by atoms with E-state index in [-0.39, 0.29) is 4.90 Å². The number of primary sulfonamides is 1. The molecule has 1 aromatic heterocycles. The molecule has 7 heteroatoms. The maximum atomic E-state index is 11.9. The second-order valence-corrected chi connectivity index (χ2v) is 7.52. The monoisotopic (exact) mass is 391 g/mol. The Hall–Kier alpha value is -1.96. The predicted molar refractivity (Wildman–Crippen MR) is 92.8 cm³/mol. The highest BCUT2D eigenvalue weighted by atomic mass is 79.9. The summed E-state index contributed by atoms with van der Waals surface area (Å²) in [6, 6.07) is 14.4. The van der Waals surface area contributed by atoms with Crippen LogP contribution in [0.5, 0.6) is 0 Å². The molecule has 0 bridgehead atoms. The van der Waals surface area contributed by atoms with Crippen molar-refractivity contribution < 1.29 is 8.42 Å². The fourth-order valence-corrected chi connectivity index (χ4v) is 3.56. The molecule has 23 heavy (non-hydrogen) atoms. The Labute approximate surface area is 142 Å². The average molecular weight is 392 g/mol. The quantitative estimate of drug-likeness (QED) is 0.743. The van der Waals surface area contributed by atoms with Crippen molar-refractivity contribution in [3.05, 3.63) is 64.8 Å². The Morgan fingerprint density at radius 2 is 1.74 bits per heavy atom. The van der Waals surface area contributed by atoms with Crippen LogP contribution in [-0.2, 0) is 10.0 Å². The maximum absolute atomic E-state index is 11.9. The van der Waals surface area contributed by atoms with Gasteiger partial charge in [0, 0.05) is 5.56 Å². The zero-order chi connectivity index (χ0) is 16.6. The van der Waals surface area contributed by atoms with Crippen LogP contribution in [0.15, 0.2) is 64.1 Å². The third kappa shape index (κ3) is 3.08. The standard InChI is InChI=1S/C16H14BrN3O2S/c1-11-6-8-12(9-7-11)16-13(17)10-19-20(16)14-4-2-3-5-15(14)23(18,21)22/h2-10H,1H3,(H2,18,21,22). The van der Waals surface area contributed by atoms with Crippen LogP contribution in [0, 0.1) is 6.92 Å². The van der Waals surface area contributed by atoms with Crippen molar-refractivity contribution in [2.24, 2.45) is 5.14 Å². The van der Waals surface area contributed by atoms with Crippen LogP contribution in [0.4, 0.5) is 0 Å². The van der Waals surface area contributed by atoms with Gasteiger partial charge in [0.05, 0.1) is 22.1 Å². The van der Waals surface area contributed by atoms with E-state index in [4.69, 9.17) is 5.14 Å². The lowest BCUT2D eigenvalue weighted by atomic mass is 10.1. The first-order chi connectivity index (χ1) is 10.9. The fraction of sp³-hybridized carbons (Fsp3) is 0.0625. The van der Waals surface area contributed by atoms with Crippen molar-refractivity contribution in [2.45, 2.75) is 11.8 Å². The molecule has 0 atom stereocenters. The van der Waals surface area contributed by atoms with Gasteiger partial charge >= 0.3 is 0 Å². The number of sulfonamides is 1.